The van der Waals surface area contributed by atoms with E-state index in [1.54, 1.807) is 0 Å². The van der Waals surface area contributed by atoms with Crippen LogP contribution in [0.1, 0.15) is 59.2 Å². The number of fused-ring (bicyclic) bond motifs is 1. The summed E-state index contributed by atoms with van der Waals surface area (Å²) < 4.78 is 0. The third-order valence-electron chi connectivity index (χ3n) is 4.52. The van der Waals surface area contributed by atoms with Gasteiger partial charge in [-0.05, 0) is 37.5 Å². The Bertz CT molecular complexity index is 617. The number of anilines is 1. The third kappa shape index (κ3) is 3.22. The van der Waals surface area contributed by atoms with E-state index in [1.807, 2.05) is 0 Å². The first-order valence-corrected chi connectivity index (χ1v) is 8.18. The Hall–Kier alpha value is -1.51. The Morgan fingerprint density at radius 1 is 1.33 bits per heavy atom. The monoisotopic (exact) mass is 285 g/mol. The first-order chi connectivity index (χ1) is 9.91. The van der Waals surface area contributed by atoms with E-state index in [-0.39, 0.29) is 5.41 Å². The smallest absolute Gasteiger partial charge is 0.112 e. The molecule has 1 unspecified atom stereocenters. The number of aromatic nitrogens is 2. The van der Waals surface area contributed by atoms with E-state index in [2.05, 4.69) is 56.2 Å². The molecule has 1 aromatic heterocycles. The van der Waals surface area contributed by atoms with Crippen molar-refractivity contribution in [3.05, 3.63) is 24.0 Å². The molecule has 21 heavy (non-hydrogen) atoms. The third-order valence-corrected chi connectivity index (χ3v) is 4.52. The molecule has 1 fully saturated rings. The molecule has 1 aromatic carbocycles. The van der Waals surface area contributed by atoms with Gasteiger partial charge in [-0.2, -0.15) is 0 Å². The molecule has 0 radical (unpaired) electrons. The Morgan fingerprint density at radius 2 is 2.10 bits per heavy atom. The summed E-state index contributed by atoms with van der Waals surface area (Å²) in [5.74, 6) is 1.99. The van der Waals surface area contributed by atoms with Gasteiger partial charge in [-0.25, -0.2) is 4.98 Å². The molecule has 2 N–H and O–H groups in total. The number of nitrogens with zero attached hydrogens (tertiary/aromatic N) is 1. The molecule has 1 heterocycles. The lowest BCUT2D eigenvalue weighted by Crippen LogP contribution is -2.23. The van der Waals surface area contributed by atoms with Gasteiger partial charge in [0.15, 0.2) is 0 Å². The van der Waals surface area contributed by atoms with E-state index >= 15 is 0 Å². The number of hydrogen-bond acceptors (Lipinski definition) is 2. The SMILES string of the molecule is CC(CC1CCC1)Nc1ccc2nc(C(C)(C)C)[nH]c2c1. The number of hydrogen-bond donors (Lipinski definition) is 2. The van der Waals surface area contributed by atoms with E-state index in [4.69, 9.17) is 4.98 Å². The highest BCUT2D eigenvalue weighted by Gasteiger charge is 2.20. The summed E-state index contributed by atoms with van der Waals surface area (Å²) in [4.78, 5) is 8.15. The zero-order valence-electron chi connectivity index (χ0n) is 13.7. The molecule has 3 nitrogen and oxygen atoms in total. The first-order valence-electron chi connectivity index (χ1n) is 8.18. The number of rotatable bonds is 4. The van der Waals surface area contributed by atoms with Gasteiger partial charge >= 0.3 is 0 Å². The van der Waals surface area contributed by atoms with Gasteiger partial charge in [0.05, 0.1) is 11.0 Å². The first kappa shape index (κ1) is 14.4. The van der Waals surface area contributed by atoms with Gasteiger partial charge in [0.25, 0.3) is 0 Å². The van der Waals surface area contributed by atoms with Gasteiger partial charge in [-0.3, -0.25) is 0 Å². The second-order valence-electron chi connectivity index (χ2n) is 7.65. The van der Waals surface area contributed by atoms with Crippen molar-refractivity contribution in [1.29, 1.82) is 0 Å². The average Bonchev–Trinajstić information content (AvgIpc) is 2.77. The minimum Gasteiger partial charge on any atom is -0.383 e. The molecule has 3 heteroatoms. The maximum atomic E-state index is 4.69. The molecule has 3 rings (SSSR count). The van der Waals surface area contributed by atoms with Crippen molar-refractivity contribution >= 4 is 16.7 Å². The summed E-state index contributed by atoms with van der Waals surface area (Å²) in [5, 5.41) is 3.63. The number of aromatic amines is 1. The Morgan fingerprint density at radius 3 is 2.71 bits per heavy atom. The van der Waals surface area contributed by atoms with Gasteiger partial charge in [0, 0.05) is 17.1 Å². The normalized spacial score (nSPS) is 17.7. The maximum Gasteiger partial charge on any atom is 0.112 e. The lowest BCUT2D eigenvalue weighted by atomic mass is 9.81. The van der Waals surface area contributed by atoms with Gasteiger partial charge in [0.2, 0.25) is 0 Å². The van der Waals surface area contributed by atoms with E-state index < -0.39 is 0 Å². The molecule has 0 bridgehead atoms. The quantitative estimate of drug-likeness (QED) is 0.843. The fraction of sp³-hybridized carbons (Fsp3) is 0.611. The molecule has 1 atom stereocenters. The van der Waals surface area contributed by atoms with Crippen molar-refractivity contribution in [3.8, 4) is 0 Å². The zero-order valence-corrected chi connectivity index (χ0v) is 13.7. The van der Waals surface area contributed by atoms with Crippen LogP contribution < -0.4 is 5.32 Å². The topological polar surface area (TPSA) is 40.7 Å². The fourth-order valence-corrected chi connectivity index (χ4v) is 3.03. The largest absolute Gasteiger partial charge is 0.383 e. The lowest BCUT2D eigenvalue weighted by Gasteiger charge is -2.28. The van der Waals surface area contributed by atoms with Gasteiger partial charge < -0.3 is 10.3 Å². The predicted octanol–water partition coefficient (Wildman–Crippen LogP) is 4.85. The van der Waals surface area contributed by atoms with Crippen LogP contribution >= 0.6 is 0 Å². The second-order valence-corrected chi connectivity index (χ2v) is 7.65. The van der Waals surface area contributed by atoms with Crippen molar-refractivity contribution in [3.63, 3.8) is 0 Å². The summed E-state index contributed by atoms with van der Waals surface area (Å²) in [6, 6.07) is 6.99. The second kappa shape index (κ2) is 5.36. The summed E-state index contributed by atoms with van der Waals surface area (Å²) >= 11 is 0. The molecule has 0 spiro atoms. The van der Waals surface area contributed by atoms with Crippen LogP contribution in [0.25, 0.3) is 11.0 Å². The average molecular weight is 285 g/mol. The molecule has 0 aliphatic heterocycles. The fourth-order valence-electron chi connectivity index (χ4n) is 3.03. The van der Waals surface area contributed by atoms with E-state index in [9.17, 15) is 0 Å². The summed E-state index contributed by atoms with van der Waals surface area (Å²) in [7, 11) is 0. The van der Waals surface area contributed by atoms with Crippen molar-refractivity contribution < 1.29 is 0 Å². The van der Waals surface area contributed by atoms with Crippen LogP contribution in [-0.4, -0.2) is 16.0 Å². The summed E-state index contributed by atoms with van der Waals surface area (Å²) in [6.07, 6.45) is 5.54. The molecule has 1 saturated carbocycles. The molecule has 114 valence electrons. The summed E-state index contributed by atoms with van der Waals surface area (Å²) in [5.41, 5.74) is 3.43. The molecule has 0 amide bonds. The Labute approximate surface area is 127 Å². The molecule has 1 aliphatic carbocycles. The van der Waals surface area contributed by atoms with Crippen molar-refractivity contribution in [2.45, 2.75) is 64.8 Å². The van der Waals surface area contributed by atoms with Crippen LogP contribution in [0.4, 0.5) is 5.69 Å². The van der Waals surface area contributed by atoms with E-state index in [0.29, 0.717) is 6.04 Å². The van der Waals surface area contributed by atoms with Crippen molar-refractivity contribution in [2.24, 2.45) is 5.92 Å². The van der Waals surface area contributed by atoms with Crippen LogP contribution in [0.2, 0.25) is 0 Å². The minimum atomic E-state index is 0.0596. The lowest BCUT2D eigenvalue weighted by molar-refractivity contribution is 0.286. The highest BCUT2D eigenvalue weighted by molar-refractivity contribution is 5.79. The molecule has 0 saturated heterocycles. The highest BCUT2D eigenvalue weighted by Crippen LogP contribution is 2.31. The zero-order chi connectivity index (χ0) is 15.0. The molecule has 1 aliphatic rings. The van der Waals surface area contributed by atoms with Crippen LogP contribution in [0.3, 0.4) is 0 Å². The van der Waals surface area contributed by atoms with Crippen molar-refractivity contribution in [2.75, 3.05) is 5.32 Å². The number of benzene rings is 1. The molecular formula is C18H27N3. The Kier molecular flexibility index (Phi) is 3.68. The molecular weight excluding hydrogens is 258 g/mol. The number of imidazole rings is 1. The van der Waals surface area contributed by atoms with Crippen LogP contribution in [0.15, 0.2) is 18.2 Å². The van der Waals surface area contributed by atoms with Gasteiger partial charge in [-0.15, -0.1) is 0 Å². The van der Waals surface area contributed by atoms with Crippen LogP contribution in [-0.2, 0) is 5.41 Å². The van der Waals surface area contributed by atoms with Crippen molar-refractivity contribution in [1.82, 2.24) is 9.97 Å². The summed E-state index contributed by atoms with van der Waals surface area (Å²) in [6.45, 7) is 8.84. The number of H-pyrrole nitrogens is 1. The minimum absolute atomic E-state index is 0.0596. The van der Waals surface area contributed by atoms with Gasteiger partial charge in [0.1, 0.15) is 5.82 Å². The maximum absolute atomic E-state index is 4.69. The van der Waals surface area contributed by atoms with Crippen LogP contribution in [0.5, 0.6) is 0 Å². The van der Waals surface area contributed by atoms with Crippen LogP contribution in [0, 0.1) is 5.92 Å². The van der Waals surface area contributed by atoms with Gasteiger partial charge in [-0.1, -0.05) is 40.0 Å². The Balaban J connectivity index is 1.74. The predicted molar refractivity (Wildman–Crippen MR) is 89.8 cm³/mol. The standard InChI is InChI=1S/C18H27N3/c1-12(10-13-6-5-7-13)19-14-8-9-15-16(11-14)21-17(20-15)18(2,3)4/h8-9,11-13,19H,5-7,10H2,1-4H3,(H,20,21). The number of nitrogens with one attached hydrogen (secondary N) is 2. The highest BCUT2D eigenvalue weighted by atomic mass is 15.0. The van der Waals surface area contributed by atoms with E-state index in [0.717, 1.165) is 22.8 Å². The molecule has 2 aromatic rings. The van der Waals surface area contributed by atoms with E-state index in [1.165, 1.54) is 31.4 Å².